The number of hydrogen-bond acceptors (Lipinski definition) is 3. The molecule has 0 aromatic rings. The normalized spacial score (nSPS) is 11.2. The van der Waals surface area contributed by atoms with Crippen LogP contribution in [0.1, 0.15) is 32.6 Å². The van der Waals surface area contributed by atoms with Gasteiger partial charge in [0.25, 0.3) is 0 Å². The fraction of sp³-hybridized carbons (Fsp3) is 0.800. The highest BCUT2D eigenvalue weighted by Gasteiger charge is 2.18. The second-order valence-corrected chi connectivity index (χ2v) is 3.64. The Kier molecular flexibility index (Phi) is 12.4. The zero-order valence-electron chi connectivity index (χ0n) is 10.2. The van der Waals surface area contributed by atoms with E-state index in [1.165, 1.54) is 0 Å². The third-order valence-corrected chi connectivity index (χ3v) is 2.16. The molecule has 0 aromatic heterocycles. The van der Waals surface area contributed by atoms with Gasteiger partial charge in [-0.25, -0.2) is 4.79 Å². The molecule has 0 fully saturated rings. The summed E-state index contributed by atoms with van der Waals surface area (Å²) in [4.78, 5) is 22.4. The Labute approximate surface area is 108 Å². The maximum Gasteiger partial charge on any atom is 0.312 e. The summed E-state index contributed by atoms with van der Waals surface area (Å²) >= 11 is 0. The Morgan fingerprint density at radius 2 is 1.94 bits per heavy atom. The van der Waals surface area contributed by atoms with E-state index in [9.17, 15) is 9.59 Å². The molecule has 102 valence electrons. The number of carbonyl (C=O) groups is 2. The van der Waals surface area contributed by atoms with Crippen molar-refractivity contribution in [3.8, 4) is 0 Å². The molecule has 3 amide bonds. The van der Waals surface area contributed by atoms with Gasteiger partial charge in [0.2, 0.25) is 5.91 Å². The molecule has 0 saturated heterocycles. The van der Waals surface area contributed by atoms with Crippen LogP contribution in [-0.2, 0) is 4.79 Å². The largest absolute Gasteiger partial charge is 0.354 e. The molecule has 0 radical (unpaired) electrons. The zero-order chi connectivity index (χ0) is 12.4. The van der Waals surface area contributed by atoms with E-state index < -0.39 is 12.1 Å². The minimum atomic E-state index is -0.671. The molecular formula is C10H23ClN4O2. The average Bonchev–Trinajstić information content (AvgIpc) is 2.23. The maximum atomic E-state index is 11.6. The topological polar surface area (TPSA) is 110 Å². The second-order valence-electron chi connectivity index (χ2n) is 3.64. The third kappa shape index (κ3) is 9.89. The monoisotopic (exact) mass is 266 g/mol. The molecule has 0 rings (SSSR count). The van der Waals surface area contributed by atoms with Gasteiger partial charge in [-0.05, 0) is 19.4 Å². The van der Waals surface area contributed by atoms with Crippen molar-refractivity contribution in [2.24, 2.45) is 11.5 Å². The van der Waals surface area contributed by atoms with E-state index >= 15 is 0 Å². The molecule has 0 bridgehead atoms. The average molecular weight is 267 g/mol. The van der Waals surface area contributed by atoms with Gasteiger partial charge in [0.05, 0.1) is 0 Å². The Bertz CT molecular complexity index is 226. The van der Waals surface area contributed by atoms with Crippen molar-refractivity contribution in [1.82, 2.24) is 10.6 Å². The number of halogens is 1. The summed E-state index contributed by atoms with van der Waals surface area (Å²) in [7, 11) is 0. The van der Waals surface area contributed by atoms with Crippen LogP contribution in [0.3, 0.4) is 0 Å². The van der Waals surface area contributed by atoms with Crippen LogP contribution in [0, 0.1) is 0 Å². The highest BCUT2D eigenvalue weighted by molar-refractivity contribution is 5.86. The lowest BCUT2D eigenvalue weighted by Gasteiger charge is -2.16. The molecular weight excluding hydrogens is 244 g/mol. The van der Waals surface area contributed by atoms with Crippen LogP contribution in [0.15, 0.2) is 0 Å². The molecule has 6 nitrogen and oxygen atoms in total. The Morgan fingerprint density at radius 1 is 1.29 bits per heavy atom. The summed E-state index contributed by atoms with van der Waals surface area (Å²) in [6.07, 6.45) is 3.17. The van der Waals surface area contributed by atoms with E-state index in [1.807, 2.05) is 6.92 Å². The second kappa shape index (κ2) is 11.5. The van der Waals surface area contributed by atoms with Crippen LogP contribution < -0.4 is 22.1 Å². The molecule has 0 aliphatic heterocycles. The molecule has 0 saturated carbocycles. The molecule has 0 aromatic carbocycles. The Morgan fingerprint density at radius 3 is 2.41 bits per heavy atom. The third-order valence-electron chi connectivity index (χ3n) is 2.16. The van der Waals surface area contributed by atoms with Gasteiger partial charge in [-0.3, -0.25) is 4.79 Å². The number of rotatable bonds is 8. The predicted octanol–water partition coefficient (Wildman–Crippen LogP) is 0.100. The summed E-state index contributed by atoms with van der Waals surface area (Å²) in [5, 5.41) is 5.15. The number of amides is 3. The van der Waals surface area contributed by atoms with Gasteiger partial charge < -0.3 is 22.1 Å². The van der Waals surface area contributed by atoms with Crippen molar-refractivity contribution in [2.75, 3.05) is 13.1 Å². The number of hydrogen-bond donors (Lipinski definition) is 4. The van der Waals surface area contributed by atoms with E-state index in [4.69, 9.17) is 11.5 Å². The van der Waals surface area contributed by atoms with Crippen molar-refractivity contribution in [1.29, 1.82) is 0 Å². The van der Waals surface area contributed by atoms with Crippen molar-refractivity contribution < 1.29 is 9.59 Å². The van der Waals surface area contributed by atoms with Crippen LogP contribution >= 0.6 is 12.4 Å². The van der Waals surface area contributed by atoms with Gasteiger partial charge >= 0.3 is 6.03 Å². The zero-order valence-corrected chi connectivity index (χ0v) is 11.0. The van der Waals surface area contributed by atoms with E-state index in [-0.39, 0.29) is 18.3 Å². The van der Waals surface area contributed by atoms with E-state index in [0.29, 0.717) is 19.5 Å². The van der Waals surface area contributed by atoms with Crippen molar-refractivity contribution in [2.45, 2.75) is 38.6 Å². The standard InChI is InChI=1S/C10H22N4O2.ClH/c1-2-3-5-8(14-10(12)16)9(15)13-7-4-6-11;/h8H,2-7,11H2,1H3,(H,13,15)(H3,12,14,16);1H. The van der Waals surface area contributed by atoms with Gasteiger partial charge in [0, 0.05) is 6.54 Å². The molecule has 1 unspecified atom stereocenters. The number of nitrogens with one attached hydrogen (secondary N) is 2. The molecule has 0 aliphatic carbocycles. The fourth-order valence-electron chi connectivity index (χ4n) is 1.29. The summed E-state index contributed by atoms with van der Waals surface area (Å²) < 4.78 is 0. The van der Waals surface area contributed by atoms with Crippen LogP contribution in [0.25, 0.3) is 0 Å². The smallest absolute Gasteiger partial charge is 0.312 e. The molecule has 6 N–H and O–H groups in total. The van der Waals surface area contributed by atoms with Crippen LogP contribution in [0.2, 0.25) is 0 Å². The SMILES string of the molecule is CCCCC(NC(N)=O)C(=O)NCCCN.Cl. The number of carbonyl (C=O) groups excluding carboxylic acids is 2. The maximum absolute atomic E-state index is 11.6. The van der Waals surface area contributed by atoms with Gasteiger partial charge in [-0.15, -0.1) is 12.4 Å². The van der Waals surface area contributed by atoms with E-state index in [0.717, 1.165) is 19.3 Å². The number of nitrogens with two attached hydrogens (primary N) is 2. The minimum absolute atomic E-state index is 0. The van der Waals surface area contributed by atoms with Crippen LogP contribution in [0.5, 0.6) is 0 Å². The van der Waals surface area contributed by atoms with E-state index in [1.54, 1.807) is 0 Å². The highest BCUT2D eigenvalue weighted by atomic mass is 35.5. The first-order valence-corrected chi connectivity index (χ1v) is 5.65. The van der Waals surface area contributed by atoms with Gasteiger partial charge in [0.15, 0.2) is 0 Å². The number of unbranched alkanes of at least 4 members (excludes halogenated alkanes) is 1. The van der Waals surface area contributed by atoms with Gasteiger partial charge in [-0.1, -0.05) is 19.8 Å². The lowest BCUT2D eigenvalue weighted by Crippen LogP contribution is -2.48. The lowest BCUT2D eigenvalue weighted by atomic mass is 10.1. The van der Waals surface area contributed by atoms with Crippen molar-refractivity contribution in [3.05, 3.63) is 0 Å². The number of urea groups is 1. The minimum Gasteiger partial charge on any atom is -0.354 e. The first-order valence-electron chi connectivity index (χ1n) is 5.65. The van der Waals surface area contributed by atoms with Crippen molar-refractivity contribution in [3.63, 3.8) is 0 Å². The first kappa shape index (κ1) is 18.4. The van der Waals surface area contributed by atoms with E-state index in [2.05, 4.69) is 10.6 Å². The summed E-state index contributed by atoms with van der Waals surface area (Å²) in [5.41, 5.74) is 10.3. The molecule has 17 heavy (non-hydrogen) atoms. The van der Waals surface area contributed by atoms with Crippen molar-refractivity contribution >= 4 is 24.3 Å². The summed E-state index contributed by atoms with van der Waals surface area (Å²) in [6, 6.07) is -1.20. The Hall–Kier alpha value is -1.01. The molecule has 7 heteroatoms. The summed E-state index contributed by atoms with van der Waals surface area (Å²) in [6.45, 7) is 3.08. The Balaban J connectivity index is 0. The molecule has 1 atom stereocenters. The van der Waals surface area contributed by atoms with Crippen LogP contribution in [0.4, 0.5) is 4.79 Å². The molecule has 0 aliphatic rings. The fourth-order valence-corrected chi connectivity index (χ4v) is 1.29. The van der Waals surface area contributed by atoms with Gasteiger partial charge in [-0.2, -0.15) is 0 Å². The van der Waals surface area contributed by atoms with Gasteiger partial charge in [0.1, 0.15) is 6.04 Å². The molecule has 0 spiro atoms. The molecule has 0 heterocycles. The first-order chi connectivity index (χ1) is 7.61. The lowest BCUT2D eigenvalue weighted by molar-refractivity contribution is -0.123. The number of primary amides is 1. The predicted molar refractivity (Wildman–Crippen MR) is 70.0 cm³/mol. The van der Waals surface area contributed by atoms with Crippen LogP contribution in [-0.4, -0.2) is 31.1 Å². The highest BCUT2D eigenvalue weighted by Crippen LogP contribution is 2.00. The summed E-state index contributed by atoms with van der Waals surface area (Å²) in [5.74, 6) is -0.194. The quantitative estimate of drug-likeness (QED) is 0.468.